The van der Waals surface area contributed by atoms with Crippen molar-refractivity contribution in [2.45, 2.75) is 13.8 Å². The highest BCUT2D eigenvalue weighted by molar-refractivity contribution is 5.72. The maximum Gasteiger partial charge on any atom is 0.308 e. The Bertz CT molecular complexity index is 411. The Kier molecular flexibility index (Phi) is 3.88. The van der Waals surface area contributed by atoms with Gasteiger partial charge in [-0.05, 0) is 12.1 Å². The molecule has 0 saturated carbocycles. The van der Waals surface area contributed by atoms with Crippen molar-refractivity contribution in [1.29, 1.82) is 0 Å². The monoisotopic (exact) mass is 224 g/mol. The van der Waals surface area contributed by atoms with E-state index in [0.29, 0.717) is 11.5 Å². The molecule has 0 spiro atoms. The van der Waals surface area contributed by atoms with Crippen molar-refractivity contribution < 1.29 is 23.8 Å². The van der Waals surface area contributed by atoms with Crippen LogP contribution in [-0.2, 0) is 9.59 Å². The van der Waals surface area contributed by atoms with Gasteiger partial charge in [0.2, 0.25) is 0 Å². The number of benzene rings is 1. The van der Waals surface area contributed by atoms with Crippen LogP contribution < -0.4 is 14.2 Å². The summed E-state index contributed by atoms with van der Waals surface area (Å²) in [5.74, 6) is 0.0703. The van der Waals surface area contributed by atoms with Gasteiger partial charge in [-0.3, -0.25) is 9.59 Å². The number of carbonyl (C=O) groups excluding carboxylic acids is 2. The summed E-state index contributed by atoms with van der Waals surface area (Å²) in [7, 11) is 1.43. The molecule has 0 aromatic heterocycles. The van der Waals surface area contributed by atoms with Crippen LogP contribution in [0.3, 0.4) is 0 Å². The maximum atomic E-state index is 10.8. The Morgan fingerprint density at radius 2 is 1.62 bits per heavy atom. The van der Waals surface area contributed by atoms with Crippen LogP contribution in [0.4, 0.5) is 0 Å². The van der Waals surface area contributed by atoms with Gasteiger partial charge >= 0.3 is 11.9 Å². The lowest BCUT2D eigenvalue weighted by Crippen LogP contribution is -2.04. The molecular formula is C11H12O5. The van der Waals surface area contributed by atoms with Gasteiger partial charge in [-0.25, -0.2) is 0 Å². The number of carbonyl (C=O) groups is 2. The first-order valence-corrected chi connectivity index (χ1v) is 4.58. The molecule has 16 heavy (non-hydrogen) atoms. The minimum Gasteiger partial charge on any atom is -0.493 e. The molecule has 0 radical (unpaired) electrons. The van der Waals surface area contributed by atoms with Gasteiger partial charge in [-0.15, -0.1) is 0 Å². The molecule has 0 saturated heterocycles. The summed E-state index contributed by atoms with van der Waals surface area (Å²) in [6, 6.07) is 4.49. The molecule has 1 aromatic rings. The van der Waals surface area contributed by atoms with Gasteiger partial charge in [0.1, 0.15) is 5.75 Å². The number of rotatable bonds is 3. The topological polar surface area (TPSA) is 61.8 Å². The third kappa shape index (κ3) is 3.27. The van der Waals surface area contributed by atoms with Crippen molar-refractivity contribution in [1.82, 2.24) is 0 Å². The van der Waals surface area contributed by atoms with E-state index in [4.69, 9.17) is 14.2 Å². The van der Waals surface area contributed by atoms with Crippen LogP contribution in [0.25, 0.3) is 0 Å². The highest BCUT2D eigenvalue weighted by atomic mass is 16.6. The highest BCUT2D eigenvalue weighted by Gasteiger charge is 2.09. The van der Waals surface area contributed by atoms with Crippen molar-refractivity contribution in [2.75, 3.05) is 7.11 Å². The van der Waals surface area contributed by atoms with Crippen molar-refractivity contribution >= 4 is 11.9 Å². The average Bonchev–Trinajstić information content (AvgIpc) is 2.18. The standard InChI is InChI=1S/C11H12O5/c1-7(12)15-9-4-5-10(16-8(2)13)11(6-9)14-3/h4-6H,1-3H3. The first-order valence-electron chi connectivity index (χ1n) is 4.58. The number of ether oxygens (including phenoxy) is 3. The quantitative estimate of drug-likeness (QED) is 0.575. The Labute approximate surface area is 92.9 Å². The first kappa shape index (κ1) is 12.0. The van der Waals surface area contributed by atoms with E-state index < -0.39 is 11.9 Å². The normalized spacial score (nSPS) is 9.44. The molecule has 5 nitrogen and oxygen atoms in total. The van der Waals surface area contributed by atoms with Gasteiger partial charge in [0.05, 0.1) is 7.11 Å². The summed E-state index contributed by atoms with van der Waals surface area (Å²) < 4.78 is 14.7. The fourth-order valence-electron chi connectivity index (χ4n) is 1.12. The first-order chi connectivity index (χ1) is 7.52. The molecule has 0 amide bonds. The Hall–Kier alpha value is -2.04. The zero-order valence-electron chi connectivity index (χ0n) is 9.27. The Morgan fingerprint density at radius 3 is 2.12 bits per heavy atom. The minimum atomic E-state index is -0.446. The fraction of sp³-hybridized carbons (Fsp3) is 0.273. The van der Waals surface area contributed by atoms with E-state index in [1.165, 1.54) is 39.2 Å². The lowest BCUT2D eigenvalue weighted by atomic mass is 10.3. The van der Waals surface area contributed by atoms with Crippen LogP contribution in [0.5, 0.6) is 17.2 Å². The number of hydrogen-bond acceptors (Lipinski definition) is 5. The summed E-state index contributed by atoms with van der Waals surface area (Å²) in [4.78, 5) is 21.5. The average molecular weight is 224 g/mol. The lowest BCUT2D eigenvalue weighted by molar-refractivity contribution is -0.133. The fourth-order valence-corrected chi connectivity index (χ4v) is 1.12. The van der Waals surface area contributed by atoms with Crippen LogP contribution in [-0.4, -0.2) is 19.0 Å². The predicted octanol–water partition coefficient (Wildman–Crippen LogP) is 1.55. The van der Waals surface area contributed by atoms with Crippen LogP contribution in [0.2, 0.25) is 0 Å². The second-order valence-electron chi connectivity index (χ2n) is 3.00. The molecule has 0 heterocycles. The van der Waals surface area contributed by atoms with Gasteiger partial charge in [0, 0.05) is 19.9 Å². The lowest BCUT2D eigenvalue weighted by Gasteiger charge is -2.09. The van der Waals surface area contributed by atoms with E-state index in [1.807, 2.05) is 0 Å². The highest BCUT2D eigenvalue weighted by Crippen LogP contribution is 2.31. The van der Waals surface area contributed by atoms with Crippen LogP contribution in [0.15, 0.2) is 18.2 Å². The minimum absolute atomic E-state index is 0.283. The van der Waals surface area contributed by atoms with E-state index in [2.05, 4.69) is 0 Å². The zero-order valence-corrected chi connectivity index (χ0v) is 9.27. The second kappa shape index (κ2) is 5.16. The molecule has 1 aromatic carbocycles. The van der Waals surface area contributed by atoms with Gasteiger partial charge in [0.15, 0.2) is 11.5 Å². The molecule has 0 aliphatic rings. The van der Waals surface area contributed by atoms with E-state index in [-0.39, 0.29) is 5.75 Å². The molecule has 5 heteroatoms. The number of esters is 2. The molecule has 0 bridgehead atoms. The van der Waals surface area contributed by atoms with E-state index >= 15 is 0 Å². The Balaban J connectivity index is 2.96. The van der Waals surface area contributed by atoms with Crippen molar-refractivity contribution in [2.24, 2.45) is 0 Å². The molecule has 0 N–H and O–H groups in total. The number of methoxy groups -OCH3 is 1. The van der Waals surface area contributed by atoms with E-state index in [1.54, 1.807) is 0 Å². The van der Waals surface area contributed by atoms with Crippen LogP contribution in [0, 0.1) is 0 Å². The van der Waals surface area contributed by atoms with Crippen molar-refractivity contribution in [3.63, 3.8) is 0 Å². The third-order valence-electron chi connectivity index (χ3n) is 1.65. The predicted molar refractivity (Wildman–Crippen MR) is 55.6 cm³/mol. The molecule has 0 unspecified atom stereocenters. The van der Waals surface area contributed by atoms with Crippen LogP contribution >= 0.6 is 0 Å². The summed E-state index contributed by atoms with van der Waals surface area (Å²) in [5, 5.41) is 0. The number of hydrogen-bond donors (Lipinski definition) is 0. The summed E-state index contributed by atoms with van der Waals surface area (Å²) in [6.45, 7) is 2.59. The summed E-state index contributed by atoms with van der Waals surface area (Å²) >= 11 is 0. The van der Waals surface area contributed by atoms with Crippen molar-refractivity contribution in [3.05, 3.63) is 18.2 Å². The second-order valence-corrected chi connectivity index (χ2v) is 3.00. The third-order valence-corrected chi connectivity index (χ3v) is 1.65. The molecule has 0 aliphatic heterocycles. The van der Waals surface area contributed by atoms with Gasteiger partial charge in [-0.2, -0.15) is 0 Å². The van der Waals surface area contributed by atoms with Crippen LogP contribution in [0.1, 0.15) is 13.8 Å². The van der Waals surface area contributed by atoms with Gasteiger partial charge in [0.25, 0.3) is 0 Å². The molecule has 0 fully saturated rings. The molecular weight excluding hydrogens is 212 g/mol. The smallest absolute Gasteiger partial charge is 0.308 e. The SMILES string of the molecule is COc1cc(OC(C)=O)ccc1OC(C)=O. The Morgan fingerprint density at radius 1 is 1.00 bits per heavy atom. The van der Waals surface area contributed by atoms with E-state index in [9.17, 15) is 9.59 Å². The zero-order chi connectivity index (χ0) is 12.1. The largest absolute Gasteiger partial charge is 0.493 e. The van der Waals surface area contributed by atoms with Crippen molar-refractivity contribution in [3.8, 4) is 17.2 Å². The molecule has 0 aliphatic carbocycles. The molecule has 0 atom stereocenters. The molecule has 86 valence electrons. The maximum absolute atomic E-state index is 10.8. The van der Waals surface area contributed by atoms with E-state index in [0.717, 1.165) is 0 Å². The molecule has 1 rings (SSSR count). The summed E-state index contributed by atoms with van der Waals surface area (Å²) in [5.41, 5.74) is 0. The summed E-state index contributed by atoms with van der Waals surface area (Å²) in [6.07, 6.45) is 0. The van der Waals surface area contributed by atoms with Gasteiger partial charge in [-0.1, -0.05) is 0 Å². The van der Waals surface area contributed by atoms with Gasteiger partial charge < -0.3 is 14.2 Å².